The molecule has 3 N–H and O–H groups in total. The molecule has 0 radical (unpaired) electrons. The molecule has 0 bridgehead atoms. The van der Waals surface area contributed by atoms with Gasteiger partial charge in [0.15, 0.2) is 5.82 Å². The van der Waals surface area contributed by atoms with E-state index in [1.54, 1.807) is 28.8 Å². The Labute approximate surface area is 121 Å². The fourth-order valence-electron chi connectivity index (χ4n) is 2.87. The number of H-pyrrole nitrogens is 1. The Morgan fingerprint density at radius 3 is 2.50 bits per heavy atom. The molecule has 0 amide bonds. The average Bonchev–Trinajstić information content (AvgIpc) is 2.83. The normalized spacial score (nSPS) is 18.1. The van der Waals surface area contributed by atoms with Gasteiger partial charge in [-0.3, -0.25) is 0 Å². The Hall–Kier alpha value is -1.59. The van der Waals surface area contributed by atoms with Gasteiger partial charge in [0.25, 0.3) is 0 Å². The summed E-state index contributed by atoms with van der Waals surface area (Å²) in [6.07, 6.45) is 5.03. The van der Waals surface area contributed by atoms with Crippen molar-refractivity contribution in [3.63, 3.8) is 0 Å². The van der Waals surface area contributed by atoms with Crippen molar-refractivity contribution in [2.75, 3.05) is 0 Å². The zero-order valence-electron chi connectivity index (χ0n) is 11.1. The number of nitrogens with two attached hydrogens (primary N) is 1. The Bertz CT molecular complexity index is 653. The highest BCUT2D eigenvalue weighted by molar-refractivity contribution is 6.30. The lowest BCUT2D eigenvalue weighted by atomic mass is 9.82. The van der Waals surface area contributed by atoms with Crippen LogP contribution in [0.3, 0.4) is 0 Å². The lowest BCUT2D eigenvalue weighted by Crippen LogP contribution is -2.42. The molecule has 1 fully saturated rings. The molecule has 0 unspecified atom stereocenters. The van der Waals surface area contributed by atoms with E-state index >= 15 is 0 Å². The Morgan fingerprint density at radius 1 is 1.20 bits per heavy atom. The number of halogens is 1. The van der Waals surface area contributed by atoms with Gasteiger partial charge in [-0.2, -0.15) is 5.10 Å². The van der Waals surface area contributed by atoms with Crippen molar-refractivity contribution in [2.45, 2.75) is 37.6 Å². The Morgan fingerprint density at radius 2 is 1.85 bits per heavy atom. The fraction of sp³-hybridized carbons (Fsp3) is 0.429. The maximum atomic E-state index is 12.1. The van der Waals surface area contributed by atoms with Crippen LogP contribution >= 0.6 is 11.6 Å². The summed E-state index contributed by atoms with van der Waals surface area (Å²) in [6, 6.07) is 7.11. The second-order valence-corrected chi connectivity index (χ2v) is 5.82. The van der Waals surface area contributed by atoms with Crippen LogP contribution in [-0.2, 0) is 5.54 Å². The van der Waals surface area contributed by atoms with E-state index in [9.17, 15) is 4.79 Å². The molecule has 0 atom stereocenters. The van der Waals surface area contributed by atoms with E-state index in [-0.39, 0.29) is 5.69 Å². The maximum Gasteiger partial charge on any atom is 0.347 e. The highest BCUT2D eigenvalue weighted by Crippen LogP contribution is 2.33. The molecule has 1 aromatic heterocycles. The number of aromatic amines is 1. The number of hydrogen-bond donors (Lipinski definition) is 2. The van der Waals surface area contributed by atoms with Gasteiger partial charge >= 0.3 is 5.69 Å². The van der Waals surface area contributed by atoms with Crippen molar-refractivity contribution in [2.24, 2.45) is 5.73 Å². The van der Waals surface area contributed by atoms with Crippen molar-refractivity contribution in [1.82, 2.24) is 14.8 Å². The second kappa shape index (κ2) is 5.07. The highest BCUT2D eigenvalue weighted by atomic mass is 35.5. The first-order valence-electron chi connectivity index (χ1n) is 6.83. The molecule has 106 valence electrons. The molecule has 1 saturated carbocycles. The first kappa shape index (κ1) is 13.4. The summed E-state index contributed by atoms with van der Waals surface area (Å²) in [6.45, 7) is 0. The van der Waals surface area contributed by atoms with Crippen LogP contribution in [-0.4, -0.2) is 14.8 Å². The van der Waals surface area contributed by atoms with Crippen molar-refractivity contribution < 1.29 is 0 Å². The summed E-state index contributed by atoms with van der Waals surface area (Å²) >= 11 is 5.89. The molecule has 0 aliphatic heterocycles. The first-order chi connectivity index (χ1) is 9.60. The third kappa shape index (κ3) is 2.27. The fourth-order valence-corrected chi connectivity index (χ4v) is 2.99. The van der Waals surface area contributed by atoms with Crippen molar-refractivity contribution in [3.8, 4) is 5.69 Å². The smallest absolute Gasteiger partial charge is 0.319 e. The largest absolute Gasteiger partial charge is 0.347 e. The average molecular weight is 293 g/mol. The molecular weight excluding hydrogens is 276 g/mol. The molecule has 20 heavy (non-hydrogen) atoms. The standard InChI is InChI=1S/C14H17ClN4O/c15-10-4-6-11(7-5-10)19-12(17-18-13(19)20)14(16)8-2-1-3-9-14/h4-7H,1-3,8-9,16H2,(H,18,20). The Kier molecular flexibility index (Phi) is 3.40. The molecule has 1 aliphatic carbocycles. The number of nitrogens with zero attached hydrogens (tertiary/aromatic N) is 2. The molecule has 0 saturated heterocycles. The van der Waals surface area contributed by atoms with E-state index in [2.05, 4.69) is 10.2 Å². The monoisotopic (exact) mass is 292 g/mol. The molecule has 0 spiro atoms. The van der Waals surface area contributed by atoms with Gasteiger partial charge in [0.1, 0.15) is 0 Å². The van der Waals surface area contributed by atoms with Gasteiger partial charge in [-0.15, -0.1) is 0 Å². The maximum absolute atomic E-state index is 12.1. The minimum absolute atomic E-state index is 0.266. The summed E-state index contributed by atoms with van der Waals surface area (Å²) in [5, 5.41) is 7.33. The molecule has 1 aliphatic rings. The topological polar surface area (TPSA) is 76.7 Å². The van der Waals surface area contributed by atoms with Crippen LogP contribution in [0.2, 0.25) is 5.02 Å². The van der Waals surface area contributed by atoms with E-state index in [1.165, 1.54) is 6.42 Å². The van der Waals surface area contributed by atoms with E-state index < -0.39 is 5.54 Å². The Balaban J connectivity index is 2.10. The van der Waals surface area contributed by atoms with E-state index in [0.717, 1.165) is 31.4 Å². The van der Waals surface area contributed by atoms with E-state index in [4.69, 9.17) is 17.3 Å². The summed E-state index contributed by atoms with van der Waals surface area (Å²) < 4.78 is 1.56. The molecule has 6 heteroatoms. The lowest BCUT2D eigenvalue weighted by molar-refractivity contribution is 0.283. The molecule has 5 nitrogen and oxygen atoms in total. The number of hydrogen-bond acceptors (Lipinski definition) is 3. The number of aromatic nitrogens is 3. The summed E-state index contributed by atoms with van der Waals surface area (Å²) in [5.41, 5.74) is 6.43. The van der Waals surface area contributed by atoms with E-state index in [1.807, 2.05) is 0 Å². The van der Waals surface area contributed by atoms with Gasteiger partial charge in [-0.25, -0.2) is 14.5 Å². The van der Waals surface area contributed by atoms with Crippen LogP contribution < -0.4 is 11.4 Å². The highest BCUT2D eigenvalue weighted by Gasteiger charge is 2.35. The third-order valence-electron chi connectivity index (χ3n) is 3.95. The van der Waals surface area contributed by atoms with Crippen molar-refractivity contribution in [1.29, 1.82) is 0 Å². The third-order valence-corrected chi connectivity index (χ3v) is 4.20. The molecule has 1 heterocycles. The molecule has 3 rings (SSSR count). The van der Waals surface area contributed by atoms with Gasteiger partial charge in [0.2, 0.25) is 0 Å². The minimum Gasteiger partial charge on any atom is -0.319 e. The zero-order chi connectivity index (χ0) is 14.2. The summed E-state index contributed by atoms with van der Waals surface area (Å²) in [7, 11) is 0. The quantitative estimate of drug-likeness (QED) is 0.892. The number of rotatable bonds is 2. The second-order valence-electron chi connectivity index (χ2n) is 5.38. The van der Waals surface area contributed by atoms with Gasteiger partial charge in [0.05, 0.1) is 11.2 Å². The van der Waals surface area contributed by atoms with E-state index in [0.29, 0.717) is 10.8 Å². The number of nitrogens with one attached hydrogen (secondary N) is 1. The van der Waals surface area contributed by atoms with Crippen LogP contribution in [0.5, 0.6) is 0 Å². The predicted octanol–water partition coefficient (Wildman–Crippen LogP) is 2.33. The van der Waals surface area contributed by atoms with Gasteiger partial charge in [-0.1, -0.05) is 30.9 Å². The predicted molar refractivity (Wildman–Crippen MR) is 78.1 cm³/mol. The zero-order valence-corrected chi connectivity index (χ0v) is 11.9. The molecular formula is C14H17ClN4O. The number of benzene rings is 1. The van der Waals surface area contributed by atoms with Crippen molar-refractivity contribution in [3.05, 3.63) is 45.6 Å². The van der Waals surface area contributed by atoms with Crippen molar-refractivity contribution >= 4 is 11.6 Å². The molecule has 2 aromatic rings. The first-order valence-corrected chi connectivity index (χ1v) is 7.21. The van der Waals surface area contributed by atoms with Crippen LogP contribution in [0.15, 0.2) is 29.1 Å². The van der Waals surface area contributed by atoms with Crippen LogP contribution in [0, 0.1) is 0 Å². The molecule has 1 aromatic carbocycles. The summed E-state index contributed by atoms with van der Waals surface area (Å²) in [5.74, 6) is 0.615. The van der Waals surface area contributed by atoms with Crippen LogP contribution in [0.25, 0.3) is 5.69 Å². The lowest BCUT2D eigenvalue weighted by Gasteiger charge is -2.32. The minimum atomic E-state index is -0.531. The van der Waals surface area contributed by atoms with Gasteiger partial charge in [-0.05, 0) is 37.1 Å². The summed E-state index contributed by atoms with van der Waals surface area (Å²) in [4.78, 5) is 12.1. The van der Waals surface area contributed by atoms with Crippen LogP contribution in [0.4, 0.5) is 0 Å². The van der Waals surface area contributed by atoms with Gasteiger partial charge < -0.3 is 5.73 Å². The van der Waals surface area contributed by atoms with Gasteiger partial charge in [0, 0.05) is 5.02 Å². The SMILES string of the molecule is NC1(c2n[nH]c(=O)n2-c2ccc(Cl)cc2)CCCCC1. The van der Waals surface area contributed by atoms with Crippen LogP contribution in [0.1, 0.15) is 37.9 Å².